The fourth-order valence-electron chi connectivity index (χ4n) is 1.35. The molecule has 0 saturated heterocycles. The number of hydrogen-bond donors (Lipinski definition) is 1. The first-order valence-corrected chi connectivity index (χ1v) is 4.89. The van der Waals surface area contributed by atoms with Gasteiger partial charge in [-0.05, 0) is 19.1 Å². The fraction of sp³-hybridized carbons (Fsp3) is 0.0833. The maximum absolute atomic E-state index is 11.3. The van der Waals surface area contributed by atoms with E-state index in [9.17, 15) is 9.59 Å². The normalized spacial score (nSPS) is 16.9. The zero-order chi connectivity index (χ0) is 12.4. The molecule has 1 aromatic carbocycles. The highest BCUT2D eigenvalue weighted by molar-refractivity contribution is 6.12. The highest BCUT2D eigenvalue weighted by Gasteiger charge is 2.24. The number of aliphatic carboxylic acids is 1. The third-order valence-electron chi connectivity index (χ3n) is 2.18. The van der Waals surface area contributed by atoms with E-state index in [0.717, 1.165) is 11.6 Å². The summed E-state index contributed by atoms with van der Waals surface area (Å²) in [4.78, 5) is 25.6. The quantitative estimate of drug-likeness (QED) is 0.614. The number of esters is 1. The standard InChI is InChI=1S/C12H9NO4/c1-7-2-4-8(5-3-7)11-13-9(6-10(14)15)12(16)17-11/h2-6H,1H3,(H,14,15)/b9-6+. The van der Waals surface area contributed by atoms with Crippen molar-refractivity contribution in [1.82, 2.24) is 0 Å². The molecule has 0 radical (unpaired) electrons. The molecule has 2 rings (SSSR count). The van der Waals surface area contributed by atoms with Gasteiger partial charge in [-0.15, -0.1) is 0 Å². The number of carboxylic acids is 1. The molecule has 0 aliphatic carbocycles. The van der Waals surface area contributed by atoms with Crippen LogP contribution in [0.1, 0.15) is 11.1 Å². The highest BCUT2D eigenvalue weighted by atomic mass is 16.6. The van der Waals surface area contributed by atoms with Gasteiger partial charge in [0.25, 0.3) is 0 Å². The molecule has 0 aromatic heterocycles. The van der Waals surface area contributed by atoms with E-state index in [2.05, 4.69) is 4.99 Å². The zero-order valence-electron chi connectivity index (χ0n) is 9.01. The Hall–Kier alpha value is -2.43. The van der Waals surface area contributed by atoms with Crippen LogP contribution in [0, 0.1) is 6.92 Å². The average Bonchev–Trinajstić information content (AvgIpc) is 2.60. The predicted octanol–water partition coefficient (Wildman–Crippen LogP) is 1.27. The zero-order valence-corrected chi connectivity index (χ0v) is 9.01. The van der Waals surface area contributed by atoms with E-state index in [4.69, 9.17) is 9.84 Å². The number of ether oxygens (including phenoxy) is 1. The molecule has 1 aliphatic rings. The van der Waals surface area contributed by atoms with Crippen molar-refractivity contribution >= 4 is 17.8 Å². The predicted molar refractivity (Wildman–Crippen MR) is 59.5 cm³/mol. The van der Waals surface area contributed by atoms with Crippen LogP contribution in [0.2, 0.25) is 0 Å². The maximum atomic E-state index is 11.3. The molecule has 0 unspecified atom stereocenters. The van der Waals surface area contributed by atoms with Crippen molar-refractivity contribution in [2.75, 3.05) is 0 Å². The van der Waals surface area contributed by atoms with Crippen LogP contribution in [0.25, 0.3) is 0 Å². The van der Waals surface area contributed by atoms with Gasteiger partial charge in [-0.2, -0.15) is 0 Å². The summed E-state index contributed by atoms with van der Waals surface area (Å²) in [6.07, 6.45) is 0.726. The molecule has 1 aliphatic heterocycles. The lowest BCUT2D eigenvalue weighted by atomic mass is 10.1. The number of aliphatic imine (C=N–C) groups is 1. The molecule has 0 atom stereocenters. The lowest BCUT2D eigenvalue weighted by molar-refractivity contribution is -0.133. The Balaban J connectivity index is 2.33. The van der Waals surface area contributed by atoms with Gasteiger partial charge in [0.15, 0.2) is 5.70 Å². The Labute approximate surface area is 97.1 Å². The summed E-state index contributed by atoms with van der Waals surface area (Å²) >= 11 is 0. The fourth-order valence-corrected chi connectivity index (χ4v) is 1.35. The average molecular weight is 231 g/mol. The summed E-state index contributed by atoms with van der Waals surface area (Å²) in [6.45, 7) is 1.93. The lowest BCUT2D eigenvalue weighted by Crippen LogP contribution is -2.05. The second-order valence-electron chi connectivity index (χ2n) is 3.54. The maximum Gasteiger partial charge on any atom is 0.364 e. The Morgan fingerprint density at radius 2 is 2.00 bits per heavy atom. The van der Waals surface area contributed by atoms with Gasteiger partial charge in [0, 0.05) is 5.56 Å². The van der Waals surface area contributed by atoms with Gasteiger partial charge in [0.1, 0.15) is 0 Å². The van der Waals surface area contributed by atoms with E-state index in [1.54, 1.807) is 12.1 Å². The van der Waals surface area contributed by atoms with Crippen molar-refractivity contribution in [3.8, 4) is 0 Å². The van der Waals surface area contributed by atoms with Crippen LogP contribution < -0.4 is 0 Å². The number of cyclic esters (lactones) is 1. The van der Waals surface area contributed by atoms with Crippen LogP contribution in [0.15, 0.2) is 41.0 Å². The van der Waals surface area contributed by atoms with E-state index in [1.165, 1.54) is 0 Å². The first-order valence-electron chi connectivity index (χ1n) is 4.89. The number of rotatable bonds is 2. The molecule has 0 amide bonds. The largest absolute Gasteiger partial charge is 0.478 e. The van der Waals surface area contributed by atoms with E-state index in [1.807, 2.05) is 19.1 Å². The number of carboxylic acid groups (broad SMARTS) is 1. The Kier molecular flexibility index (Phi) is 2.74. The number of hydrogen-bond acceptors (Lipinski definition) is 4. The van der Waals surface area contributed by atoms with Gasteiger partial charge in [-0.3, -0.25) is 0 Å². The third-order valence-corrected chi connectivity index (χ3v) is 2.18. The Morgan fingerprint density at radius 1 is 1.35 bits per heavy atom. The van der Waals surface area contributed by atoms with E-state index in [0.29, 0.717) is 5.56 Å². The summed E-state index contributed by atoms with van der Waals surface area (Å²) in [5, 5.41) is 8.53. The van der Waals surface area contributed by atoms with Crippen LogP contribution >= 0.6 is 0 Å². The van der Waals surface area contributed by atoms with Crippen LogP contribution in [-0.4, -0.2) is 22.9 Å². The Bertz CT molecular complexity index is 540. The minimum Gasteiger partial charge on any atom is -0.478 e. The SMILES string of the molecule is Cc1ccc(C2=N/C(=C/C(=O)O)C(=O)O2)cc1. The van der Waals surface area contributed by atoms with Crippen LogP contribution in [0.4, 0.5) is 0 Å². The van der Waals surface area contributed by atoms with Gasteiger partial charge in [0.2, 0.25) is 5.90 Å². The topological polar surface area (TPSA) is 76.0 Å². The van der Waals surface area contributed by atoms with Gasteiger partial charge >= 0.3 is 11.9 Å². The number of benzene rings is 1. The van der Waals surface area contributed by atoms with Crippen LogP contribution in [0.5, 0.6) is 0 Å². The van der Waals surface area contributed by atoms with E-state index < -0.39 is 11.9 Å². The summed E-state index contributed by atoms with van der Waals surface area (Å²) < 4.78 is 4.88. The molecule has 17 heavy (non-hydrogen) atoms. The van der Waals surface area contributed by atoms with Crippen molar-refractivity contribution in [2.45, 2.75) is 6.92 Å². The molecule has 1 heterocycles. The van der Waals surface area contributed by atoms with Gasteiger partial charge in [-0.1, -0.05) is 17.7 Å². The smallest absolute Gasteiger partial charge is 0.364 e. The van der Waals surface area contributed by atoms with Crippen molar-refractivity contribution in [3.63, 3.8) is 0 Å². The highest BCUT2D eigenvalue weighted by Crippen LogP contribution is 2.16. The Morgan fingerprint density at radius 3 is 2.59 bits per heavy atom. The molecule has 0 saturated carbocycles. The van der Waals surface area contributed by atoms with Gasteiger partial charge < -0.3 is 9.84 Å². The van der Waals surface area contributed by atoms with Gasteiger partial charge in [-0.25, -0.2) is 14.6 Å². The minimum atomic E-state index is -1.23. The first-order chi connectivity index (χ1) is 8.06. The molecule has 0 fully saturated rings. The van der Waals surface area contributed by atoms with Crippen molar-refractivity contribution in [1.29, 1.82) is 0 Å². The molecule has 1 N–H and O–H groups in total. The monoisotopic (exact) mass is 231 g/mol. The second kappa shape index (κ2) is 4.21. The molecule has 5 nitrogen and oxygen atoms in total. The molecular formula is C12H9NO4. The van der Waals surface area contributed by atoms with Crippen molar-refractivity contribution in [2.24, 2.45) is 4.99 Å². The molecule has 1 aromatic rings. The molecule has 0 bridgehead atoms. The number of carbonyl (C=O) groups is 2. The first kappa shape index (κ1) is 11.1. The molecule has 0 spiro atoms. The summed E-state index contributed by atoms with van der Waals surface area (Å²) in [5.74, 6) is -1.85. The van der Waals surface area contributed by atoms with Crippen molar-refractivity contribution in [3.05, 3.63) is 47.2 Å². The second-order valence-corrected chi connectivity index (χ2v) is 3.54. The summed E-state index contributed by atoms with van der Waals surface area (Å²) in [5.41, 5.74) is 1.51. The number of aryl methyl sites for hydroxylation is 1. The third kappa shape index (κ3) is 2.39. The molecular weight excluding hydrogens is 222 g/mol. The number of nitrogens with zero attached hydrogens (tertiary/aromatic N) is 1. The van der Waals surface area contributed by atoms with E-state index >= 15 is 0 Å². The minimum absolute atomic E-state index is 0.127. The lowest BCUT2D eigenvalue weighted by Gasteiger charge is -1.99. The summed E-state index contributed by atoms with van der Waals surface area (Å²) in [6, 6.07) is 7.21. The van der Waals surface area contributed by atoms with Crippen LogP contribution in [0.3, 0.4) is 0 Å². The van der Waals surface area contributed by atoms with Crippen molar-refractivity contribution < 1.29 is 19.4 Å². The number of carbonyl (C=O) groups excluding carboxylic acids is 1. The van der Waals surface area contributed by atoms with Gasteiger partial charge in [0.05, 0.1) is 6.08 Å². The van der Waals surface area contributed by atoms with Crippen LogP contribution in [-0.2, 0) is 14.3 Å². The summed E-state index contributed by atoms with van der Waals surface area (Å²) in [7, 11) is 0. The molecule has 5 heteroatoms. The van der Waals surface area contributed by atoms with E-state index in [-0.39, 0.29) is 11.6 Å². The molecule has 86 valence electrons.